The summed E-state index contributed by atoms with van der Waals surface area (Å²) in [7, 11) is 0. The van der Waals surface area contributed by atoms with Crippen LogP contribution in [0.1, 0.15) is 21.9 Å². The lowest BCUT2D eigenvalue weighted by molar-refractivity contribution is -0.118. The maximum absolute atomic E-state index is 14.9. The summed E-state index contributed by atoms with van der Waals surface area (Å²) in [5, 5.41) is 14.9. The van der Waals surface area contributed by atoms with Crippen molar-refractivity contribution in [1.29, 1.82) is 0 Å². The van der Waals surface area contributed by atoms with Gasteiger partial charge in [0.15, 0.2) is 6.61 Å². The number of carbonyl (C=O) groups is 1. The molecule has 0 bridgehead atoms. The number of aliphatic hydroxyl groups is 1. The molecule has 1 atom stereocenters. The summed E-state index contributed by atoms with van der Waals surface area (Å²) in [6.45, 7) is 0.512. The number of amides is 1. The molecule has 3 aromatic carbocycles. The van der Waals surface area contributed by atoms with E-state index in [2.05, 4.69) is 16.7 Å². The van der Waals surface area contributed by atoms with Gasteiger partial charge in [-0.1, -0.05) is 30.3 Å². The first-order valence-electron chi connectivity index (χ1n) is 10.3. The second-order valence-electron chi connectivity index (χ2n) is 7.57. The highest BCUT2D eigenvalue weighted by Crippen LogP contribution is 2.52. The van der Waals surface area contributed by atoms with Gasteiger partial charge in [0.1, 0.15) is 11.6 Å². The van der Waals surface area contributed by atoms with E-state index in [0.717, 1.165) is 27.3 Å². The predicted octanol–water partition coefficient (Wildman–Crippen LogP) is 4.95. The number of fused-ring (bicyclic) bond motifs is 2. The van der Waals surface area contributed by atoms with E-state index in [0.29, 0.717) is 23.5 Å². The minimum absolute atomic E-state index is 0.00275. The molecule has 0 saturated carbocycles. The van der Waals surface area contributed by atoms with Gasteiger partial charge in [0, 0.05) is 22.7 Å². The summed E-state index contributed by atoms with van der Waals surface area (Å²) in [4.78, 5) is 12.8. The Labute approximate surface area is 189 Å². The van der Waals surface area contributed by atoms with Gasteiger partial charge in [-0.25, -0.2) is 4.39 Å². The summed E-state index contributed by atoms with van der Waals surface area (Å²) in [5.74, 6) is 0.170. The molecule has 0 fully saturated rings. The molecular formula is C25H21FN2O3S. The Morgan fingerprint density at radius 2 is 2.03 bits per heavy atom. The van der Waals surface area contributed by atoms with Crippen LogP contribution in [0.4, 0.5) is 15.8 Å². The third-order valence-electron chi connectivity index (χ3n) is 5.43. The fraction of sp³-hybridized carbons (Fsp3) is 0.160. The van der Waals surface area contributed by atoms with Crippen LogP contribution in [0.5, 0.6) is 5.75 Å². The van der Waals surface area contributed by atoms with Crippen molar-refractivity contribution in [3.8, 4) is 5.75 Å². The summed E-state index contributed by atoms with van der Waals surface area (Å²) < 4.78 is 20.3. The van der Waals surface area contributed by atoms with Gasteiger partial charge in [-0.3, -0.25) is 4.79 Å². The molecule has 32 heavy (non-hydrogen) atoms. The Morgan fingerprint density at radius 3 is 2.88 bits per heavy atom. The van der Waals surface area contributed by atoms with Crippen LogP contribution in [0.15, 0.2) is 65.6 Å². The number of thioether (sulfide) groups is 1. The Kier molecular flexibility index (Phi) is 5.59. The van der Waals surface area contributed by atoms with Crippen molar-refractivity contribution >= 4 is 40.7 Å². The second-order valence-corrected chi connectivity index (χ2v) is 8.72. The highest BCUT2D eigenvalue weighted by Gasteiger charge is 2.28. The Morgan fingerprint density at radius 1 is 1.16 bits per heavy atom. The molecule has 2 aliphatic heterocycles. The van der Waals surface area contributed by atoms with Crippen molar-refractivity contribution in [3.05, 3.63) is 83.2 Å². The molecule has 162 valence electrons. The number of carbonyl (C=O) groups excluding carboxylic acids is 1. The molecule has 0 saturated heterocycles. The number of nitrogens with one attached hydrogen (secondary N) is 2. The topological polar surface area (TPSA) is 70.6 Å². The molecule has 5 nitrogen and oxygen atoms in total. The van der Waals surface area contributed by atoms with E-state index in [4.69, 9.17) is 9.84 Å². The fourth-order valence-electron chi connectivity index (χ4n) is 3.92. The highest BCUT2D eigenvalue weighted by molar-refractivity contribution is 8.00. The zero-order chi connectivity index (χ0) is 22.1. The number of rotatable bonds is 5. The second kappa shape index (κ2) is 8.68. The first-order valence-corrected chi connectivity index (χ1v) is 11.2. The lowest BCUT2D eigenvalue weighted by Crippen LogP contribution is -2.25. The SMILES string of the molecule is O=C1COc2ccc(C3=Cc4ccc(NCCO)cc4SC3c3ccccc3F)cc2N1. The van der Waals surface area contributed by atoms with Crippen LogP contribution in [0.2, 0.25) is 0 Å². The smallest absolute Gasteiger partial charge is 0.262 e. The predicted molar refractivity (Wildman–Crippen MR) is 125 cm³/mol. The molecule has 3 N–H and O–H groups in total. The van der Waals surface area contributed by atoms with Gasteiger partial charge in [-0.05, 0) is 53.1 Å². The maximum atomic E-state index is 14.9. The Balaban J connectivity index is 1.61. The maximum Gasteiger partial charge on any atom is 0.262 e. The van der Waals surface area contributed by atoms with Crippen molar-refractivity contribution in [2.24, 2.45) is 0 Å². The molecule has 0 aromatic heterocycles. The van der Waals surface area contributed by atoms with E-state index in [1.54, 1.807) is 17.8 Å². The van der Waals surface area contributed by atoms with E-state index in [-0.39, 0.29) is 30.2 Å². The molecule has 2 heterocycles. The first-order chi connectivity index (χ1) is 15.6. The van der Waals surface area contributed by atoms with Crippen LogP contribution in [0.3, 0.4) is 0 Å². The largest absolute Gasteiger partial charge is 0.482 e. The lowest BCUT2D eigenvalue weighted by atomic mass is 9.94. The Hall–Kier alpha value is -3.29. The fourth-order valence-corrected chi connectivity index (χ4v) is 5.28. The van der Waals surface area contributed by atoms with Crippen LogP contribution in [0.25, 0.3) is 11.6 Å². The molecule has 0 aliphatic carbocycles. The zero-order valence-corrected chi connectivity index (χ0v) is 17.9. The molecule has 1 amide bonds. The van der Waals surface area contributed by atoms with Gasteiger partial charge < -0.3 is 20.5 Å². The summed E-state index contributed by atoms with van der Waals surface area (Å²) in [6.07, 6.45) is 2.08. The number of hydrogen-bond donors (Lipinski definition) is 3. The van der Waals surface area contributed by atoms with Crippen LogP contribution in [-0.4, -0.2) is 30.8 Å². The summed E-state index contributed by atoms with van der Waals surface area (Å²) in [5.41, 5.74) is 5.00. The molecule has 7 heteroatoms. The third-order valence-corrected chi connectivity index (χ3v) is 6.78. The summed E-state index contributed by atoms with van der Waals surface area (Å²) in [6, 6.07) is 18.5. The summed E-state index contributed by atoms with van der Waals surface area (Å²) >= 11 is 1.58. The molecule has 2 aliphatic rings. The monoisotopic (exact) mass is 448 g/mol. The number of aliphatic hydroxyl groups excluding tert-OH is 1. The number of benzene rings is 3. The Bertz CT molecular complexity index is 1230. The number of anilines is 2. The quantitative estimate of drug-likeness (QED) is 0.515. The van der Waals surface area contributed by atoms with Gasteiger partial charge in [0.05, 0.1) is 17.5 Å². The minimum Gasteiger partial charge on any atom is -0.482 e. The number of halogens is 1. The van der Waals surface area contributed by atoms with E-state index in [1.165, 1.54) is 6.07 Å². The van der Waals surface area contributed by atoms with Crippen molar-refractivity contribution in [3.63, 3.8) is 0 Å². The van der Waals surface area contributed by atoms with Gasteiger partial charge in [0.2, 0.25) is 0 Å². The highest BCUT2D eigenvalue weighted by atomic mass is 32.2. The standard InChI is InChI=1S/C25H21FN2O3S/c26-20-4-2-1-3-18(20)25-19(15-6-8-22-21(12-15)28-24(30)14-31-22)11-16-5-7-17(27-9-10-29)13-23(16)32-25/h1-8,11-13,25,27,29H,9-10,14H2,(H,28,30). The number of hydrogen-bond acceptors (Lipinski definition) is 5. The lowest BCUT2D eigenvalue weighted by Gasteiger charge is -2.28. The van der Waals surface area contributed by atoms with Gasteiger partial charge in [-0.2, -0.15) is 0 Å². The average Bonchev–Trinajstić information content (AvgIpc) is 2.81. The molecular weight excluding hydrogens is 427 g/mol. The van der Waals surface area contributed by atoms with Crippen LogP contribution in [-0.2, 0) is 4.79 Å². The molecule has 1 unspecified atom stereocenters. The van der Waals surface area contributed by atoms with Gasteiger partial charge >= 0.3 is 0 Å². The third kappa shape index (κ3) is 3.97. The van der Waals surface area contributed by atoms with Crippen molar-refractivity contribution in [2.45, 2.75) is 10.1 Å². The van der Waals surface area contributed by atoms with Crippen molar-refractivity contribution in [1.82, 2.24) is 0 Å². The van der Waals surface area contributed by atoms with Gasteiger partial charge in [0.25, 0.3) is 5.91 Å². The van der Waals surface area contributed by atoms with Crippen LogP contribution in [0, 0.1) is 5.82 Å². The molecule has 0 radical (unpaired) electrons. The molecule has 3 aromatic rings. The minimum atomic E-state index is -0.268. The molecule has 5 rings (SSSR count). The number of ether oxygens (including phenoxy) is 1. The van der Waals surface area contributed by atoms with E-state index in [1.807, 2.05) is 48.5 Å². The van der Waals surface area contributed by atoms with Gasteiger partial charge in [-0.15, -0.1) is 11.8 Å². The van der Waals surface area contributed by atoms with Crippen LogP contribution < -0.4 is 15.4 Å². The normalized spacial score (nSPS) is 16.9. The van der Waals surface area contributed by atoms with Crippen LogP contribution >= 0.6 is 11.8 Å². The van der Waals surface area contributed by atoms with Crippen molar-refractivity contribution in [2.75, 3.05) is 30.4 Å². The zero-order valence-electron chi connectivity index (χ0n) is 17.1. The van der Waals surface area contributed by atoms with Crippen molar-refractivity contribution < 1.29 is 19.0 Å². The van der Waals surface area contributed by atoms with E-state index < -0.39 is 0 Å². The van der Waals surface area contributed by atoms with E-state index in [9.17, 15) is 9.18 Å². The van der Waals surface area contributed by atoms with E-state index >= 15 is 0 Å². The average molecular weight is 449 g/mol. The first kappa shape index (κ1) is 20.6. The molecule has 0 spiro atoms.